The van der Waals surface area contributed by atoms with Crippen LogP contribution in [0.4, 0.5) is 8.78 Å². The van der Waals surface area contributed by atoms with Gasteiger partial charge >= 0.3 is 5.97 Å². The van der Waals surface area contributed by atoms with Gasteiger partial charge in [-0.25, -0.2) is 28.5 Å². The van der Waals surface area contributed by atoms with Crippen LogP contribution in [0.2, 0.25) is 0 Å². The number of rotatable bonds is 11. The Balaban J connectivity index is 1.09. The third kappa shape index (κ3) is 5.65. The molecular weight excluding hydrogens is 608 g/mol. The van der Waals surface area contributed by atoms with Crippen LogP contribution in [0.3, 0.4) is 0 Å². The van der Waals surface area contributed by atoms with Crippen molar-refractivity contribution in [3.63, 3.8) is 0 Å². The van der Waals surface area contributed by atoms with Gasteiger partial charge in [0.2, 0.25) is 5.88 Å². The molecule has 4 heterocycles. The van der Waals surface area contributed by atoms with E-state index < -0.39 is 17.6 Å². The van der Waals surface area contributed by atoms with Crippen molar-refractivity contribution in [3.8, 4) is 17.7 Å². The fourth-order valence-corrected chi connectivity index (χ4v) is 6.73. The maximum absolute atomic E-state index is 15.0. The number of aromatic carboxylic acids is 1. The number of likely N-dealkylation sites (tertiary alicyclic amines) is 1. The van der Waals surface area contributed by atoms with Gasteiger partial charge in [-0.3, -0.25) is 4.90 Å². The fourth-order valence-electron chi connectivity index (χ4n) is 6.73. The number of pyridine rings is 1. The Morgan fingerprint density at radius 3 is 2.60 bits per heavy atom. The Morgan fingerprint density at radius 1 is 1.09 bits per heavy atom. The quantitative estimate of drug-likeness (QED) is 0.213. The van der Waals surface area contributed by atoms with E-state index in [1.165, 1.54) is 37.4 Å². The Bertz CT molecular complexity index is 2040. The van der Waals surface area contributed by atoms with Crippen LogP contribution in [0.25, 0.3) is 11.0 Å². The van der Waals surface area contributed by atoms with Gasteiger partial charge in [-0.05, 0) is 49.1 Å². The number of methoxy groups -OCH3 is 1. The monoisotopic (exact) mass is 639 g/mol. The summed E-state index contributed by atoms with van der Waals surface area (Å²) in [6.07, 6.45) is 3.57. The number of hydrogen-bond donors (Lipinski definition) is 1. The number of carboxylic acid groups (broad SMARTS) is 1. The van der Waals surface area contributed by atoms with E-state index in [9.17, 15) is 18.7 Å². The number of ether oxygens (including phenoxy) is 2. The Kier molecular flexibility index (Phi) is 7.81. The summed E-state index contributed by atoms with van der Waals surface area (Å²) < 4.78 is 44.6. The second-order valence-corrected chi connectivity index (χ2v) is 11.9. The van der Waals surface area contributed by atoms with Gasteiger partial charge in [-0.15, -0.1) is 0 Å². The molecule has 2 aromatic carbocycles. The molecule has 1 saturated carbocycles. The molecule has 1 N–H and O–H groups in total. The lowest BCUT2D eigenvalue weighted by Gasteiger charge is -2.20. The highest BCUT2D eigenvalue weighted by Crippen LogP contribution is 2.58. The summed E-state index contributed by atoms with van der Waals surface area (Å²) >= 11 is 0. The minimum Gasteiger partial charge on any atom is -0.494 e. The molecule has 240 valence electrons. The molecule has 2 fully saturated rings. The Hall–Kier alpha value is -5.35. The number of carbonyl (C=O) groups is 1. The van der Waals surface area contributed by atoms with Gasteiger partial charge in [0.25, 0.3) is 0 Å². The molecule has 2 aliphatic rings. The summed E-state index contributed by atoms with van der Waals surface area (Å²) in [6, 6.07) is 11.9. The van der Waals surface area contributed by atoms with Crippen LogP contribution in [0.1, 0.15) is 51.5 Å². The first-order valence-corrected chi connectivity index (χ1v) is 15.3. The van der Waals surface area contributed by atoms with E-state index in [0.29, 0.717) is 48.7 Å². The summed E-state index contributed by atoms with van der Waals surface area (Å²) in [4.78, 5) is 27.9. The van der Waals surface area contributed by atoms with Gasteiger partial charge < -0.3 is 23.7 Å². The zero-order valence-electron chi connectivity index (χ0n) is 25.7. The minimum atomic E-state index is -1.06. The number of nitrogens with zero attached hydrogens (tertiary/aromatic N) is 7. The van der Waals surface area contributed by atoms with Crippen molar-refractivity contribution in [2.75, 3.05) is 20.2 Å². The lowest BCUT2D eigenvalue weighted by Crippen LogP contribution is -2.26. The third-order valence-electron chi connectivity index (χ3n) is 9.18. The molecule has 0 amide bonds. The number of nitriles is 1. The zero-order valence-corrected chi connectivity index (χ0v) is 25.7. The summed E-state index contributed by atoms with van der Waals surface area (Å²) in [5.74, 6) is -0.292. The molecule has 1 aliphatic carbocycles. The van der Waals surface area contributed by atoms with Crippen LogP contribution < -0.4 is 9.47 Å². The fraction of sp³-hybridized carbons (Fsp3) is 0.324. The maximum atomic E-state index is 15.0. The first-order chi connectivity index (χ1) is 22.8. The summed E-state index contributed by atoms with van der Waals surface area (Å²) in [6.45, 7) is 5.06. The molecule has 1 saturated heterocycles. The van der Waals surface area contributed by atoms with Crippen molar-refractivity contribution >= 4 is 17.0 Å². The van der Waals surface area contributed by atoms with Crippen LogP contribution in [0.15, 0.2) is 55.0 Å². The van der Waals surface area contributed by atoms with Crippen LogP contribution >= 0.6 is 0 Å². The minimum absolute atomic E-state index is 0.0580. The number of aromatic nitrogens is 5. The molecule has 11 nitrogen and oxygen atoms in total. The number of carboxylic acids is 1. The predicted octanol–water partition coefficient (Wildman–Crippen LogP) is 4.98. The standard InChI is InChI=1S/C34H31F2N7O4/c1-3-42-18-38-12-22(42)13-43-27-9-21(34(44)45)10-28(46-2)33(27)39-29(43)16-41-14-23-24(15-41)31(23)32-25(35)6-7-30(40-32)47-17-20-5-4-19(11-37)8-26(20)36/h4-10,12,18,23-24,31H,3,13-17H2,1-2H3,(H,44,45)/t23-,24+,31-. The number of piperidine rings is 1. The van der Waals surface area contributed by atoms with E-state index in [4.69, 9.17) is 19.7 Å². The summed E-state index contributed by atoms with van der Waals surface area (Å²) in [5.41, 5.74) is 3.16. The average molecular weight is 640 g/mol. The van der Waals surface area contributed by atoms with Gasteiger partial charge in [0, 0.05) is 43.4 Å². The molecule has 7 rings (SSSR count). The Labute approximate surface area is 268 Å². The van der Waals surface area contributed by atoms with Crippen molar-refractivity contribution in [1.29, 1.82) is 5.26 Å². The van der Waals surface area contributed by atoms with Crippen molar-refractivity contribution in [2.24, 2.45) is 11.8 Å². The number of halogens is 2. The van der Waals surface area contributed by atoms with Crippen LogP contribution in [0, 0.1) is 34.8 Å². The molecule has 0 unspecified atom stereocenters. The number of hydrogen-bond acceptors (Lipinski definition) is 8. The van der Waals surface area contributed by atoms with Crippen LogP contribution in [0.5, 0.6) is 11.6 Å². The zero-order chi connectivity index (χ0) is 32.8. The largest absolute Gasteiger partial charge is 0.494 e. The van der Waals surface area contributed by atoms with Crippen molar-refractivity contribution in [1.82, 2.24) is 29.0 Å². The number of benzene rings is 2. The molecular formula is C34H31F2N7O4. The van der Waals surface area contributed by atoms with Gasteiger partial charge in [0.1, 0.15) is 35.3 Å². The van der Waals surface area contributed by atoms with Crippen molar-refractivity contribution in [3.05, 3.63) is 101 Å². The van der Waals surface area contributed by atoms with E-state index >= 15 is 0 Å². The normalized spacial score (nSPS) is 18.7. The van der Waals surface area contributed by atoms with Gasteiger partial charge in [0.15, 0.2) is 0 Å². The smallest absolute Gasteiger partial charge is 0.335 e. The summed E-state index contributed by atoms with van der Waals surface area (Å²) in [7, 11) is 1.50. The molecule has 0 spiro atoms. The Morgan fingerprint density at radius 2 is 1.89 bits per heavy atom. The van der Waals surface area contributed by atoms with E-state index in [-0.39, 0.29) is 46.9 Å². The van der Waals surface area contributed by atoms with Crippen LogP contribution in [-0.2, 0) is 26.2 Å². The first-order valence-electron chi connectivity index (χ1n) is 15.3. The number of imidazole rings is 2. The highest BCUT2D eigenvalue weighted by Gasteiger charge is 2.57. The topological polar surface area (TPSA) is 131 Å². The maximum Gasteiger partial charge on any atom is 0.335 e. The first kappa shape index (κ1) is 30.3. The number of fused-ring (bicyclic) bond motifs is 2. The van der Waals surface area contributed by atoms with Gasteiger partial charge in [0.05, 0.1) is 60.6 Å². The molecule has 47 heavy (non-hydrogen) atoms. The average Bonchev–Trinajstić information content (AvgIpc) is 3.42. The highest BCUT2D eigenvalue weighted by atomic mass is 19.1. The summed E-state index contributed by atoms with van der Waals surface area (Å²) in [5, 5.41) is 18.7. The molecule has 0 bridgehead atoms. The molecule has 13 heteroatoms. The SMILES string of the molecule is CCn1cncc1Cn1c(CN2C[C@@H]3[C@H](C2)[C@@H]3c2nc(OCc3ccc(C#N)cc3F)ccc2F)nc2c(OC)cc(C(=O)O)cc21. The lowest BCUT2D eigenvalue weighted by molar-refractivity contribution is 0.0696. The van der Waals surface area contributed by atoms with E-state index in [2.05, 4.69) is 14.9 Å². The number of aryl methyl sites for hydroxylation is 1. The molecule has 3 aromatic heterocycles. The molecule has 0 radical (unpaired) electrons. The van der Waals surface area contributed by atoms with Crippen LogP contribution in [-0.4, -0.2) is 60.3 Å². The van der Waals surface area contributed by atoms with Gasteiger partial charge in [-0.1, -0.05) is 6.07 Å². The highest BCUT2D eigenvalue weighted by molar-refractivity contribution is 5.95. The van der Waals surface area contributed by atoms with Crippen molar-refractivity contribution in [2.45, 2.75) is 39.1 Å². The third-order valence-corrected chi connectivity index (χ3v) is 9.18. The second-order valence-electron chi connectivity index (χ2n) is 11.9. The lowest BCUT2D eigenvalue weighted by atomic mass is 10.1. The predicted molar refractivity (Wildman–Crippen MR) is 165 cm³/mol. The van der Waals surface area contributed by atoms with E-state index in [1.807, 2.05) is 22.1 Å². The molecule has 3 atom stereocenters. The molecule has 5 aromatic rings. The van der Waals surface area contributed by atoms with Gasteiger partial charge in [-0.2, -0.15) is 5.26 Å². The van der Waals surface area contributed by atoms with E-state index in [1.54, 1.807) is 18.6 Å². The molecule has 1 aliphatic heterocycles. The second kappa shape index (κ2) is 12.1. The van der Waals surface area contributed by atoms with Crippen molar-refractivity contribution < 1.29 is 28.2 Å². The van der Waals surface area contributed by atoms with E-state index in [0.717, 1.165) is 24.1 Å².